The number of thiocarbonyl (C=S) groups is 1. The van der Waals surface area contributed by atoms with Crippen molar-refractivity contribution in [2.24, 2.45) is 5.92 Å². The average Bonchev–Trinajstić information content (AvgIpc) is 3.07. The minimum atomic E-state index is -1.08. The fourth-order valence-electron chi connectivity index (χ4n) is 2.96. The van der Waals surface area contributed by atoms with E-state index in [1.165, 1.54) is 4.90 Å². The molecule has 1 N–H and O–H groups in total. The molecule has 1 fully saturated rings. The molecular formula is C19H18ClN3O3S2. The maximum absolute atomic E-state index is 12.9. The summed E-state index contributed by atoms with van der Waals surface area (Å²) in [5.41, 5.74) is 2.05. The number of para-hydroxylation sites is 1. The van der Waals surface area contributed by atoms with Crippen LogP contribution in [0, 0.1) is 12.8 Å². The Labute approximate surface area is 177 Å². The number of carboxylic acids is 1. The lowest BCUT2D eigenvalue weighted by Crippen LogP contribution is -2.47. The normalized spacial score (nSPS) is 17.0. The number of nitrogens with zero attached hydrogens (tertiary/aromatic N) is 3. The van der Waals surface area contributed by atoms with Crippen LogP contribution in [-0.4, -0.2) is 42.0 Å². The molecule has 1 aliphatic heterocycles. The summed E-state index contributed by atoms with van der Waals surface area (Å²) in [5.74, 6) is -1.80. The molecule has 0 unspecified atom stereocenters. The van der Waals surface area contributed by atoms with E-state index in [-0.39, 0.29) is 10.2 Å². The fourth-order valence-corrected chi connectivity index (χ4v) is 4.60. The van der Waals surface area contributed by atoms with Crippen LogP contribution in [0.5, 0.6) is 0 Å². The van der Waals surface area contributed by atoms with Crippen molar-refractivity contribution in [3.8, 4) is 5.69 Å². The molecule has 1 saturated heterocycles. The van der Waals surface area contributed by atoms with Gasteiger partial charge in [-0.2, -0.15) is 5.10 Å². The van der Waals surface area contributed by atoms with E-state index in [0.29, 0.717) is 21.3 Å². The molecule has 0 spiro atoms. The van der Waals surface area contributed by atoms with Crippen LogP contribution in [0.2, 0.25) is 5.15 Å². The molecule has 2 aromatic rings. The summed E-state index contributed by atoms with van der Waals surface area (Å²) in [6.45, 7) is 5.28. The quantitative estimate of drug-likeness (QED) is 0.561. The van der Waals surface area contributed by atoms with Crippen LogP contribution < -0.4 is 0 Å². The molecule has 0 bridgehead atoms. The molecule has 0 aliphatic carbocycles. The lowest BCUT2D eigenvalue weighted by molar-refractivity contribution is -0.146. The summed E-state index contributed by atoms with van der Waals surface area (Å²) < 4.78 is 1.82. The number of amides is 1. The number of aromatic nitrogens is 2. The van der Waals surface area contributed by atoms with Gasteiger partial charge in [-0.15, -0.1) is 0 Å². The standard InChI is InChI=1S/C19H18ClN3O3S2/c1-10(2)15(18(25)26)22-17(24)14(28-19(22)27)9-13-11(3)21-23(16(13)20)12-7-5-4-6-8-12/h4-10,15H,1-3H3,(H,25,26)/b14-9-/t15-/m0/s1. The Kier molecular flexibility index (Phi) is 5.92. The molecule has 0 saturated carbocycles. The number of aryl methyl sites for hydroxylation is 1. The second-order valence-corrected chi connectivity index (χ2v) is 8.65. The van der Waals surface area contributed by atoms with Crippen molar-refractivity contribution >= 4 is 57.9 Å². The molecule has 146 valence electrons. The van der Waals surface area contributed by atoms with E-state index < -0.39 is 17.9 Å². The lowest BCUT2D eigenvalue weighted by Gasteiger charge is -2.26. The largest absolute Gasteiger partial charge is 0.480 e. The van der Waals surface area contributed by atoms with E-state index in [4.69, 9.17) is 23.8 Å². The molecule has 2 heterocycles. The van der Waals surface area contributed by atoms with Crippen LogP contribution in [0.25, 0.3) is 11.8 Å². The van der Waals surface area contributed by atoms with Gasteiger partial charge in [0, 0.05) is 5.56 Å². The summed E-state index contributed by atoms with van der Waals surface area (Å²) in [4.78, 5) is 26.0. The van der Waals surface area contributed by atoms with Crippen LogP contribution in [0.4, 0.5) is 0 Å². The zero-order chi connectivity index (χ0) is 20.6. The summed E-state index contributed by atoms with van der Waals surface area (Å²) in [6.07, 6.45) is 1.63. The Morgan fingerprint density at radius 3 is 2.54 bits per heavy atom. The van der Waals surface area contributed by atoms with Crippen molar-refractivity contribution in [2.75, 3.05) is 0 Å². The smallest absolute Gasteiger partial charge is 0.327 e. The molecule has 28 heavy (non-hydrogen) atoms. The van der Waals surface area contributed by atoms with Gasteiger partial charge >= 0.3 is 5.97 Å². The first-order valence-electron chi connectivity index (χ1n) is 8.52. The Bertz CT molecular complexity index is 986. The highest BCUT2D eigenvalue weighted by molar-refractivity contribution is 8.26. The fraction of sp³-hybridized carbons (Fsp3) is 0.263. The molecule has 3 rings (SSSR count). The van der Waals surface area contributed by atoms with Crippen molar-refractivity contribution < 1.29 is 14.7 Å². The van der Waals surface area contributed by atoms with Gasteiger partial charge < -0.3 is 5.11 Å². The van der Waals surface area contributed by atoms with Gasteiger partial charge in [-0.05, 0) is 31.1 Å². The lowest BCUT2D eigenvalue weighted by atomic mass is 10.0. The number of halogens is 1. The second kappa shape index (κ2) is 8.06. The number of benzene rings is 1. The third-order valence-electron chi connectivity index (χ3n) is 4.31. The first-order chi connectivity index (χ1) is 13.2. The highest BCUT2D eigenvalue weighted by atomic mass is 35.5. The van der Waals surface area contributed by atoms with Crippen LogP contribution in [-0.2, 0) is 9.59 Å². The van der Waals surface area contributed by atoms with Gasteiger partial charge in [0.15, 0.2) is 0 Å². The van der Waals surface area contributed by atoms with Crippen LogP contribution in [0.3, 0.4) is 0 Å². The predicted octanol–water partition coefficient (Wildman–Crippen LogP) is 4.14. The number of aliphatic carboxylic acids is 1. The molecule has 6 nitrogen and oxygen atoms in total. The number of carbonyl (C=O) groups excluding carboxylic acids is 1. The molecule has 1 aromatic carbocycles. The molecule has 1 aromatic heterocycles. The highest BCUT2D eigenvalue weighted by Gasteiger charge is 2.42. The van der Waals surface area contributed by atoms with Crippen molar-refractivity contribution in [1.29, 1.82) is 0 Å². The maximum atomic E-state index is 12.9. The Hall–Kier alpha value is -2.16. The topological polar surface area (TPSA) is 75.4 Å². The minimum Gasteiger partial charge on any atom is -0.480 e. The van der Waals surface area contributed by atoms with Gasteiger partial charge in [0.25, 0.3) is 5.91 Å². The van der Waals surface area contributed by atoms with E-state index in [9.17, 15) is 14.7 Å². The van der Waals surface area contributed by atoms with Gasteiger partial charge in [0.05, 0.1) is 16.3 Å². The monoisotopic (exact) mass is 435 g/mol. The number of rotatable bonds is 5. The first kappa shape index (κ1) is 20.6. The van der Waals surface area contributed by atoms with Gasteiger partial charge in [-0.25, -0.2) is 9.48 Å². The third kappa shape index (κ3) is 3.72. The number of carbonyl (C=O) groups is 2. The van der Waals surface area contributed by atoms with Crippen molar-refractivity contribution in [2.45, 2.75) is 26.8 Å². The Morgan fingerprint density at radius 2 is 1.96 bits per heavy atom. The van der Waals surface area contributed by atoms with E-state index in [1.54, 1.807) is 31.5 Å². The minimum absolute atomic E-state index is 0.224. The summed E-state index contributed by atoms with van der Waals surface area (Å²) >= 11 is 12.9. The molecule has 1 atom stereocenters. The van der Waals surface area contributed by atoms with Gasteiger partial charge in [0.1, 0.15) is 15.5 Å². The SMILES string of the molecule is Cc1nn(-c2ccccc2)c(Cl)c1/C=C1\SC(=S)N([C@H](C(=O)O)C(C)C)C1=O. The van der Waals surface area contributed by atoms with Crippen molar-refractivity contribution in [1.82, 2.24) is 14.7 Å². The van der Waals surface area contributed by atoms with Gasteiger partial charge in [-0.1, -0.05) is 67.6 Å². The molecule has 1 aliphatic rings. The van der Waals surface area contributed by atoms with Crippen LogP contribution >= 0.6 is 35.6 Å². The zero-order valence-corrected chi connectivity index (χ0v) is 17.8. The number of carboxylic acid groups (broad SMARTS) is 1. The average molecular weight is 436 g/mol. The molecule has 1 amide bonds. The van der Waals surface area contributed by atoms with Crippen molar-refractivity contribution in [3.05, 3.63) is 51.6 Å². The summed E-state index contributed by atoms with van der Waals surface area (Å²) in [7, 11) is 0. The zero-order valence-electron chi connectivity index (χ0n) is 15.4. The summed E-state index contributed by atoms with van der Waals surface area (Å²) in [5, 5.41) is 14.3. The van der Waals surface area contributed by atoms with Crippen molar-refractivity contribution in [3.63, 3.8) is 0 Å². The maximum Gasteiger partial charge on any atom is 0.327 e. The van der Waals surface area contributed by atoms with E-state index in [0.717, 1.165) is 17.4 Å². The molecular weight excluding hydrogens is 418 g/mol. The van der Waals surface area contributed by atoms with Gasteiger partial charge in [0.2, 0.25) is 0 Å². The highest BCUT2D eigenvalue weighted by Crippen LogP contribution is 2.37. The van der Waals surface area contributed by atoms with E-state index in [2.05, 4.69) is 5.10 Å². The Morgan fingerprint density at radius 1 is 1.32 bits per heavy atom. The third-order valence-corrected chi connectivity index (χ3v) is 6.00. The van der Waals surface area contributed by atoms with Crippen LogP contribution in [0.15, 0.2) is 35.2 Å². The second-order valence-electron chi connectivity index (χ2n) is 6.62. The number of hydrogen-bond donors (Lipinski definition) is 1. The van der Waals surface area contributed by atoms with E-state index >= 15 is 0 Å². The van der Waals surface area contributed by atoms with E-state index in [1.807, 2.05) is 30.3 Å². The van der Waals surface area contributed by atoms with Crippen LogP contribution in [0.1, 0.15) is 25.1 Å². The van der Waals surface area contributed by atoms with Gasteiger partial charge in [-0.3, -0.25) is 9.69 Å². The first-order valence-corrected chi connectivity index (χ1v) is 10.1. The number of hydrogen-bond acceptors (Lipinski definition) is 5. The predicted molar refractivity (Wildman–Crippen MR) is 115 cm³/mol. The Balaban J connectivity index is 1.99. The molecule has 0 radical (unpaired) electrons. The molecule has 9 heteroatoms. The number of thioether (sulfide) groups is 1. The summed E-state index contributed by atoms with van der Waals surface area (Å²) in [6, 6.07) is 8.40.